The summed E-state index contributed by atoms with van der Waals surface area (Å²) in [4.78, 5) is 20.8. The molecule has 13 heteroatoms. The van der Waals surface area contributed by atoms with Gasteiger partial charge in [-0.3, -0.25) is 4.57 Å². The lowest BCUT2D eigenvalue weighted by molar-refractivity contribution is -0.389. The van der Waals surface area contributed by atoms with E-state index in [1.54, 1.807) is 10.8 Å². The van der Waals surface area contributed by atoms with Crippen LogP contribution in [0.25, 0.3) is 0 Å². The van der Waals surface area contributed by atoms with Gasteiger partial charge in [-0.25, -0.2) is 4.98 Å². The van der Waals surface area contributed by atoms with E-state index in [0.29, 0.717) is 50.4 Å². The Labute approximate surface area is 209 Å². The third-order valence-corrected chi connectivity index (χ3v) is 6.29. The molecule has 1 aromatic carbocycles. The Kier molecular flexibility index (Phi) is 6.76. The Hall–Kier alpha value is -4.03. The number of anilines is 1. The van der Waals surface area contributed by atoms with E-state index in [9.17, 15) is 23.3 Å². The number of rotatable bonds is 7. The molecule has 2 aliphatic heterocycles. The van der Waals surface area contributed by atoms with Crippen molar-refractivity contribution in [1.29, 1.82) is 0 Å². The van der Waals surface area contributed by atoms with E-state index in [2.05, 4.69) is 14.9 Å². The summed E-state index contributed by atoms with van der Waals surface area (Å²) in [5.74, 6) is 1.55. The molecule has 0 aliphatic carbocycles. The van der Waals surface area contributed by atoms with Crippen molar-refractivity contribution in [2.24, 2.45) is 0 Å². The zero-order valence-electron chi connectivity index (χ0n) is 19.6. The summed E-state index contributed by atoms with van der Waals surface area (Å²) in [5.41, 5.74) is -0.696. The van der Waals surface area contributed by atoms with Crippen LogP contribution in [0.2, 0.25) is 0 Å². The Morgan fingerprint density at radius 1 is 1.05 bits per heavy atom. The number of ether oxygens (including phenoxy) is 3. The first-order valence-electron chi connectivity index (χ1n) is 11.8. The minimum atomic E-state index is -4.36. The number of imidazole rings is 1. The Bertz CT molecular complexity index is 1230. The van der Waals surface area contributed by atoms with E-state index in [0.717, 1.165) is 18.0 Å². The van der Waals surface area contributed by atoms with Gasteiger partial charge in [0.1, 0.15) is 42.3 Å². The number of hydrogen-bond donors (Lipinski definition) is 0. The molecule has 4 heterocycles. The van der Waals surface area contributed by atoms with E-state index in [-0.39, 0.29) is 30.6 Å². The van der Waals surface area contributed by atoms with Crippen LogP contribution >= 0.6 is 0 Å². The second kappa shape index (κ2) is 10.1. The van der Waals surface area contributed by atoms with Crippen LogP contribution in [0.3, 0.4) is 0 Å². The second-order valence-corrected chi connectivity index (χ2v) is 8.85. The molecule has 0 amide bonds. The number of hydrogen-bond acceptors (Lipinski definition) is 8. The highest BCUT2D eigenvalue weighted by Crippen LogP contribution is 2.31. The number of fused-ring (bicyclic) bond motifs is 1. The topological polar surface area (TPSA) is 105 Å². The van der Waals surface area contributed by atoms with Crippen molar-refractivity contribution in [3.8, 4) is 17.5 Å². The largest absolute Gasteiger partial charge is 0.490 e. The van der Waals surface area contributed by atoms with Gasteiger partial charge >= 0.3 is 18.0 Å². The van der Waals surface area contributed by atoms with Gasteiger partial charge in [0, 0.05) is 43.9 Å². The van der Waals surface area contributed by atoms with Gasteiger partial charge in [-0.1, -0.05) is 0 Å². The summed E-state index contributed by atoms with van der Waals surface area (Å²) in [7, 11) is 0. The first-order valence-corrected chi connectivity index (χ1v) is 11.8. The number of alkyl halides is 3. The standard InChI is InChI=1S/C24H24F3N5O5/c25-24(26,27)16-1-3-17(4-2-16)36-18-7-10-30(11-8-18)21-6-5-19(13-28-21)35-15-20-9-12-31-14-22(32(33)34)29-23(31)37-20/h1-6,13-14,18,20H,7-12,15H2. The molecular weight excluding hydrogens is 495 g/mol. The van der Waals surface area contributed by atoms with Gasteiger partial charge in [0.25, 0.3) is 0 Å². The smallest absolute Gasteiger partial charge is 0.416 e. The SMILES string of the molecule is O=[N+]([O-])c1cn2c(n1)OC(COc1ccc(N3CCC(Oc4ccc(C(F)(F)F)cc4)CC3)nc1)CC2. The highest BCUT2D eigenvalue weighted by Gasteiger charge is 2.31. The zero-order valence-corrected chi connectivity index (χ0v) is 19.6. The van der Waals surface area contributed by atoms with Crippen molar-refractivity contribution in [3.63, 3.8) is 0 Å². The number of nitrogens with zero attached hydrogens (tertiary/aromatic N) is 5. The lowest BCUT2D eigenvalue weighted by Gasteiger charge is -2.33. The van der Waals surface area contributed by atoms with Gasteiger partial charge in [-0.05, 0) is 41.3 Å². The molecule has 1 fully saturated rings. The van der Waals surface area contributed by atoms with E-state index in [1.165, 1.54) is 18.3 Å². The predicted octanol–water partition coefficient (Wildman–Crippen LogP) is 4.48. The zero-order chi connectivity index (χ0) is 26.0. The van der Waals surface area contributed by atoms with Crippen LogP contribution < -0.4 is 19.1 Å². The average molecular weight is 519 g/mol. The summed E-state index contributed by atoms with van der Waals surface area (Å²) >= 11 is 0. The number of pyridine rings is 1. The van der Waals surface area contributed by atoms with Crippen LogP contribution in [0.4, 0.5) is 24.8 Å². The highest BCUT2D eigenvalue weighted by molar-refractivity contribution is 5.41. The molecular formula is C24H24F3N5O5. The van der Waals surface area contributed by atoms with Crippen LogP contribution in [0.5, 0.6) is 17.5 Å². The molecule has 0 bridgehead atoms. The minimum Gasteiger partial charge on any atom is -0.490 e. The van der Waals surface area contributed by atoms with Crippen LogP contribution in [0, 0.1) is 10.1 Å². The van der Waals surface area contributed by atoms with Crippen LogP contribution in [0.1, 0.15) is 24.8 Å². The van der Waals surface area contributed by atoms with Gasteiger partial charge < -0.3 is 29.2 Å². The molecule has 10 nitrogen and oxygen atoms in total. The van der Waals surface area contributed by atoms with Gasteiger partial charge in [0.15, 0.2) is 0 Å². The Balaban J connectivity index is 1.07. The van der Waals surface area contributed by atoms with Crippen LogP contribution in [0.15, 0.2) is 48.8 Å². The van der Waals surface area contributed by atoms with E-state index in [1.807, 2.05) is 12.1 Å². The Morgan fingerprint density at radius 2 is 1.78 bits per heavy atom. The molecule has 37 heavy (non-hydrogen) atoms. The van der Waals surface area contributed by atoms with Gasteiger partial charge in [-0.15, -0.1) is 0 Å². The van der Waals surface area contributed by atoms with Crippen LogP contribution in [-0.2, 0) is 12.7 Å². The summed E-state index contributed by atoms with van der Waals surface area (Å²) < 4.78 is 57.2. The second-order valence-electron chi connectivity index (χ2n) is 8.85. The molecule has 1 saturated heterocycles. The third-order valence-electron chi connectivity index (χ3n) is 6.29. The predicted molar refractivity (Wildman–Crippen MR) is 125 cm³/mol. The molecule has 0 N–H and O–H groups in total. The summed E-state index contributed by atoms with van der Waals surface area (Å²) in [6, 6.07) is 8.66. The molecule has 3 aromatic rings. The molecule has 0 spiro atoms. The van der Waals surface area contributed by atoms with Crippen molar-refractivity contribution >= 4 is 11.6 Å². The van der Waals surface area contributed by atoms with Gasteiger partial charge in [0.2, 0.25) is 0 Å². The van der Waals surface area contributed by atoms with Crippen molar-refractivity contribution < 1.29 is 32.3 Å². The summed E-state index contributed by atoms with van der Waals surface area (Å²) in [6.07, 6.45) is 0.336. The lowest BCUT2D eigenvalue weighted by Crippen LogP contribution is -2.38. The first kappa shape index (κ1) is 24.7. The maximum Gasteiger partial charge on any atom is 0.416 e. The quantitative estimate of drug-likeness (QED) is 0.332. The number of aromatic nitrogens is 3. The molecule has 196 valence electrons. The number of piperidine rings is 1. The fraction of sp³-hybridized carbons (Fsp3) is 0.417. The normalized spacial score (nSPS) is 18.1. The van der Waals surface area contributed by atoms with Crippen molar-refractivity contribution in [3.05, 3.63) is 64.5 Å². The van der Waals surface area contributed by atoms with Crippen molar-refractivity contribution in [1.82, 2.24) is 14.5 Å². The molecule has 0 saturated carbocycles. The lowest BCUT2D eigenvalue weighted by atomic mass is 10.1. The van der Waals surface area contributed by atoms with Crippen molar-refractivity contribution in [2.45, 2.75) is 44.2 Å². The van der Waals surface area contributed by atoms with Crippen molar-refractivity contribution in [2.75, 3.05) is 24.6 Å². The molecule has 1 unspecified atom stereocenters. The third kappa shape index (κ3) is 5.87. The van der Waals surface area contributed by atoms with Gasteiger partial charge in [0.05, 0.1) is 11.8 Å². The molecule has 1 atom stereocenters. The summed E-state index contributed by atoms with van der Waals surface area (Å²) in [6.45, 7) is 2.22. The van der Waals surface area contributed by atoms with E-state index >= 15 is 0 Å². The number of nitro groups is 1. The maximum absolute atomic E-state index is 12.7. The summed E-state index contributed by atoms with van der Waals surface area (Å²) in [5, 5.41) is 10.9. The highest BCUT2D eigenvalue weighted by atomic mass is 19.4. The van der Waals surface area contributed by atoms with E-state index < -0.39 is 16.7 Å². The number of halogens is 3. The van der Waals surface area contributed by atoms with Crippen LogP contribution in [-0.4, -0.2) is 51.4 Å². The molecule has 2 aliphatic rings. The fourth-order valence-electron chi connectivity index (χ4n) is 4.29. The monoisotopic (exact) mass is 519 g/mol. The van der Waals surface area contributed by atoms with E-state index in [4.69, 9.17) is 14.2 Å². The molecule has 2 aromatic heterocycles. The first-order chi connectivity index (χ1) is 17.7. The molecule has 0 radical (unpaired) electrons. The van der Waals surface area contributed by atoms with Gasteiger partial charge in [-0.2, -0.15) is 13.2 Å². The number of benzene rings is 1. The fourth-order valence-corrected chi connectivity index (χ4v) is 4.29. The maximum atomic E-state index is 12.7. The molecule has 5 rings (SSSR count). The number of aryl methyl sites for hydroxylation is 1. The average Bonchev–Trinajstić information content (AvgIpc) is 3.32. The minimum absolute atomic E-state index is 0.0804. The Morgan fingerprint density at radius 3 is 2.43 bits per heavy atom.